The number of rotatable bonds is 4. The first-order valence-electron chi connectivity index (χ1n) is 6.49. The minimum atomic E-state index is -0.319. The van der Waals surface area contributed by atoms with E-state index in [1.807, 2.05) is 12.1 Å². The van der Waals surface area contributed by atoms with E-state index in [9.17, 15) is 4.79 Å². The van der Waals surface area contributed by atoms with Gasteiger partial charge >= 0.3 is 0 Å². The molecule has 5 heteroatoms. The van der Waals surface area contributed by atoms with Gasteiger partial charge in [-0.3, -0.25) is 9.48 Å². The highest BCUT2D eigenvalue weighted by Gasteiger charge is 2.06. The van der Waals surface area contributed by atoms with Gasteiger partial charge < -0.3 is 0 Å². The number of carbonyl (C=O) groups is 1. The van der Waals surface area contributed by atoms with Gasteiger partial charge in [0.25, 0.3) is 5.91 Å². The highest BCUT2D eigenvalue weighted by Crippen LogP contribution is 2.13. The predicted octanol–water partition coefficient (Wildman–Crippen LogP) is 2.31. The monoisotopic (exact) mass is 270 g/mol. The maximum absolute atomic E-state index is 11.7. The fourth-order valence-corrected chi connectivity index (χ4v) is 1.73. The van der Waals surface area contributed by atoms with Crippen molar-refractivity contribution in [2.45, 2.75) is 19.8 Å². The number of hydrogen-bond acceptors (Lipinski definition) is 3. The Balaban J connectivity index is 1.94. The van der Waals surface area contributed by atoms with E-state index in [0.29, 0.717) is 11.6 Å². The zero-order chi connectivity index (χ0) is 14.5. The van der Waals surface area contributed by atoms with Crippen LogP contribution in [0.2, 0.25) is 0 Å². The third kappa shape index (κ3) is 3.54. The molecule has 0 saturated carbocycles. The summed E-state index contributed by atoms with van der Waals surface area (Å²) in [6.07, 6.45) is 3.33. The molecule has 0 bridgehead atoms. The van der Waals surface area contributed by atoms with Crippen molar-refractivity contribution >= 4 is 12.1 Å². The van der Waals surface area contributed by atoms with Crippen LogP contribution in [0.15, 0.2) is 41.6 Å². The summed E-state index contributed by atoms with van der Waals surface area (Å²) in [4.78, 5) is 11.7. The van der Waals surface area contributed by atoms with Gasteiger partial charge in [0.05, 0.1) is 6.21 Å². The molecule has 5 nitrogen and oxygen atoms in total. The maximum Gasteiger partial charge on any atom is 0.291 e. The van der Waals surface area contributed by atoms with Crippen molar-refractivity contribution in [3.8, 4) is 0 Å². The van der Waals surface area contributed by atoms with Crippen molar-refractivity contribution in [2.75, 3.05) is 0 Å². The molecule has 104 valence electrons. The van der Waals surface area contributed by atoms with Gasteiger partial charge in [-0.1, -0.05) is 38.1 Å². The largest absolute Gasteiger partial charge is 0.291 e. The quantitative estimate of drug-likeness (QED) is 0.684. The van der Waals surface area contributed by atoms with Crippen molar-refractivity contribution in [2.24, 2.45) is 12.1 Å². The molecular weight excluding hydrogens is 252 g/mol. The van der Waals surface area contributed by atoms with Gasteiger partial charge in [-0.15, -0.1) is 0 Å². The number of aryl methyl sites for hydroxylation is 1. The summed E-state index contributed by atoms with van der Waals surface area (Å²) in [5.74, 6) is 0.186. The predicted molar refractivity (Wildman–Crippen MR) is 78.8 cm³/mol. The molecule has 1 heterocycles. The Bertz CT molecular complexity index is 611. The molecule has 0 aliphatic carbocycles. The molecule has 0 aliphatic rings. The fraction of sp³-hybridized carbons (Fsp3) is 0.267. The van der Waals surface area contributed by atoms with Crippen LogP contribution in [-0.2, 0) is 7.05 Å². The standard InChI is InChI=1S/C15H18N4O/c1-11(2)13-6-4-12(5-7-13)10-16-17-15(20)14-8-9-19(3)18-14/h4-11H,1-3H3,(H,17,20)/b16-10+. The number of amides is 1. The van der Waals surface area contributed by atoms with Crippen LogP contribution >= 0.6 is 0 Å². The van der Waals surface area contributed by atoms with Crippen molar-refractivity contribution < 1.29 is 4.79 Å². The van der Waals surface area contributed by atoms with Crippen LogP contribution in [0.3, 0.4) is 0 Å². The summed E-state index contributed by atoms with van der Waals surface area (Å²) in [6.45, 7) is 4.30. The lowest BCUT2D eigenvalue weighted by Gasteiger charge is -2.04. The van der Waals surface area contributed by atoms with Gasteiger partial charge in [-0.25, -0.2) is 5.43 Å². The Labute approximate surface area is 118 Å². The topological polar surface area (TPSA) is 59.3 Å². The number of nitrogens with zero attached hydrogens (tertiary/aromatic N) is 3. The summed E-state index contributed by atoms with van der Waals surface area (Å²) in [5.41, 5.74) is 5.02. The first kappa shape index (κ1) is 14.0. The summed E-state index contributed by atoms with van der Waals surface area (Å²) in [7, 11) is 1.76. The van der Waals surface area contributed by atoms with Crippen LogP contribution in [0.5, 0.6) is 0 Å². The highest BCUT2D eigenvalue weighted by molar-refractivity contribution is 5.92. The molecule has 1 aromatic heterocycles. The summed E-state index contributed by atoms with van der Waals surface area (Å²) < 4.78 is 1.57. The SMILES string of the molecule is CC(C)c1ccc(/C=N/NC(=O)c2ccn(C)n2)cc1. The number of aromatic nitrogens is 2. The van der Waals surface area contributed by atoms with E-state index in [-0.39, 0.29) is 5.91 Å². The van der Waals surface area contributed by atoms with Crippen LogP contribution in [0.25, 0.3) is 0 Å². The molecule has 1 aromatic carbocycles. The first-order chi connectivity index (χ1) is 9.56. The van der Waals surface area contributed by atoms with Gasteiger partial charge in [0.2, 0.25) is 0 Å². The van der Waals surface area contributed by atoms with E-state index in [1.54, 1.807) is 30.2 Å². The fourth-order valence-electron chi connectivity index (χ4n) is 1.73. The van der Waals surface area contributed by atoms with E-state index in [4.69, 9.17) is 0 Å². The van der Waals surface area contributed by atoms with Crippen LogP contribution in [0.4, 0.5) is 0 Å². The second-order valence-electron chi connectivity index (χ2n) is 4.90. The van der Waals surface area contributed by atoms with E-state index in [2.05, 4.69) is 41.6 Å². The third-order valence-electron chi connectivity index (χ3n) is 2.93. The molecule has 1 amide bonds. The van der Waals surface area contributed by atoms with Crippen LogP contribution < -0.4 is 5.43 Å². The van der Waals surface area contributed by atoms with Gasteiger partial charge in [0.1, 0.15) is 0 Å². The second kappa shape index (κ2) is 6.14. The van der Waals surface area contributed by atoms with Gasteiger partial charge in [0.15, 0.2) is 5.69 Å². The summed E-state index contributed by atoms with van der Waals surface area (Å²) >= 11 is 0. The molecule has 0 spiro atoms. The molecule has 0 aliphatic heterocycles. The molecule has 2 aromatic rings. The van der Waals surface area contributed by atoms with E-state index in [0.717, 1.165) is 5.56 Å². The van der Waals surface area contributed by atoms with Crippen molar-refractivity contribution in [3.05, 3.63) is 53.3 Å². The Morgan fingerprint density at radius 3 is 2.55 bits per heavy atom. The number of benzene rings is 1. The molecule has 0 radical (unpaired) electrons. The molecule has 0 unspecified atom stereocenters. The maximum atomic E-state index is 11.7. The number of hydrazone groups is 1. The lowest BCUT2D eigenvalue weighted by Crippen LogP contribution is -2.18. The van der Waals surface area contributed by atoms with Crippen LogP contribution in [0.1, 0.15) is 41.4 Å². The lowest BCUT2D eigenvalue weighted by molar-refractivity contribution is 0.0949. The third-order valence-corrected chi connectivity index (χ3v) is 2.93. The molecular formula is C15H18N4O. The molecule has 0 saturated heterocycles. The van der Waals surface area contributed by atoms with Gasteiger partial charge in [-0.2, -0.15) is 10.2 Å². The van der Waals surface area contributed by atoms with Gasteiger partial charge in [-0.05, 0) is 23.1 Å². The second-order valence-corrected chi connectivity index (χ2v) is 4.90. The Morgan fingerprint density at radius 2 is 2.00 bits per heavy atom. The Kier molecular flexibility index (Phi) is 4.30. The average molecular weight is 270 g/mol. The van der Waals surface area contributed by atoms with Crippen molar-refractivity contribution in [1.29, 1.82) is 0 Å². The zero-order valence-corrected chi connectivity index (χ0v) is 11.9. The summed E-state index contributed by atoms with van der Waals surface area (Å²) in [5, 5.41) is 7.93. The molecule has 0 fully saturated rings. The number of nitrogens with one attached hydrogen (secondary N) is 1. The van der Waals surface area contributed by atoms with E-state index in [1.165, 1.54) is 5.56 Å². The summed E-state index contributed by atoms with van der Waals surface area (Å²) in [6, 6.07) is 9.72. The van der Waals surface area contributed by atoms with Gasteiger partial charge in [0, 0.05) is 13.2 Å². The first-order valence-corrected chi connectivity index (χ1v) is 6.49. The number of carbonyl (C=O) groups excluding carboxylic acids is 1. The minimum Gasteiger partial charge on any atom is -0.275 e. The van der Waals surface area contributed by atoms with E-state index >= 15 is 0 Å². The number of hydrogen-bond donors (Lipinski definition) is 1. The molecule has 0 atom stereocenters. The smallest absolute Gasteiger partial charge is 0.275 e. The minimum absolute atomic E-state index is 0.319. The van der Waals surface area contributed by atoms with Crippen LogP contribution in [-0.4, -0.2) is 21.9 Å². The Hall–Kier alpha value is -2.43. The lowest BCUT2D eigenvalue weighted by atomic mass is 10.0. The molecule has 20 heavy (non-hydrogen) atoms. The van der Waals surface area contributed by atoms with E-state index < -0.39 is 0 Å². The van der Waals surface area contributed by atoms with Crippen LogP contribution in [0, 0.1) is 0 Å². The van der Waals surface area contributed by atoms with Crippen molar-refractivity contribution in [3.63, 3.8) is 0 Å². The average Bonchev–Trinajstić information content (AvgIpc) is 2.86. The normalized spacial score (nSPS) is 11.2. The van der Waals surface area contributed by atoms with Crippen molar-refractivity contribution in [1.82, 2.24) is 15.2 Å². The Morgan fingerprint density at radius 1 is 1.30 bits per heavy atom. The zero-order valence-electron chi connectivity index (χ0n) is 11.9. The molecule has 1 N–H and O–H groups in total. The molecule has 2 rings (SSSR count). The highest BCUT2D eigenvalue weighted by atomic mass is 16.2.